The van der Waals surface area contributed by atoms with Crippen LogP contribution >= 0.6 is 0 Å². The van der Waals surface area contributed by atoms with Crippen molar-refractivity contribution in [3.8, 4) is 0 Å². The molecule has 0 saturated carbocycles. The number of aromatic nitrogens is 1. The summed E-state index contributed by atoms with van der Waals surface area (Å²) >= 11 is 0. The second-order valence-corrected chi connectivity index (χ2v) is 6.22. The molecule has 1 heterocycles. The first-order chi connectivity index (χ1) is 11.2. The molecule has 2 aromatic rings. The highest BCUT2D eigenvalue weighted by molar-refractivity contribution is 5.85. The Morgan fingerprint density at radius 1 is 1.13 bits per heavy atom. The van der Waals surface area contributed by atoms with E-state index in [0.29, 0.717) is 6.54 Å². The fourth-order valence-electron chi connectivity index (χ4n) is 2.60. The highest BCUT2D eigenvalue weighted by atomic mass is 15.2. The molecule has 1 aromatic heterocycles. The fraction of sp³-hybridized carbons (Fsp3) is 0.474. The lowest BCUT2D eigenvalue weighted by molar-refractivity contribution is 0.534. The van der Waals surface area contributed by atoms with Crippen LogP contribution in [0.5, 0.6) is 0 Å². The fourth-order valence-corrected chi connectivity index (χ4v) is 2.60. The van der Waals surface area contributed by atoms with Crippen LogP contribution in [0.3, 0.4) is 0 Å². The van der Waals surface area contributed by atoms with Gasteiger partial charge in [0.25, 0.3) is 0 Å². The van der Waals surface area contributed by atoms with Crippen molar-refractivity contribution in [2.24, 2.45) is 10.9 Å². The van der Waals surface area contributed by atoms with E-state index in [-0.39, 0.29) is 0 Å². The molecule has 0 radical (unpaired) electrons. The zero-order chi connectivity index (χ0) is 16.5. The maximum atomic E-state index is 4.50. The molecule has 0 aliphatic heterocycles. The van der Waals surface area contributed by atoms with E-state index in [0.717, 1.165) is 24.1 Å². The number of aliphatic imine (C=N–C) groups is 1. The summed E-state index contributed by atoms with van der Waals surface area (Å²) in [5.74, 6) is 1.62. The second kappa shape index (κ2) is 9.13. The van der Waals surface area contributed by atoms with Crippen LogP contribution < -0.4 is 10.6 Å². The average molecular weight is 312 g/mol. The normalized spacial score (nSPS) is 11.9. The number of pyridine rings is 1. The molecule has 0 saturated heterocycles. The zero-order valence-electron chi connectivity index (χ0n) is 14.5. The van der Waals surface area contributed by atoms with Crippen molar-refractivity contribution < 1.29 is 0 Å². The SMILES string of the molecule is CN=C(NCCCCC(C)C)NCc1nccc2ccccc12. The Balaban J connectivity index is 1.83. The molecule has 124 valence electrons. The molecule has 0 unspecified atom stereocenters. The van der Waals surface area contributed by atoms with Crippen LogP contribution in [0.4, 0.5) is 0 Å². The van der Waals surface area contributed by atoms with Crippen molar-refractivity contribution in [3.05, 3.63) is 42.2 Å². The van der Waals surface area contributed by atoms with Crippen LogP contribution in [-0.2, 0) is 6.54 Å². The van der Waals surface area contributed by atoms with E-state index in [1.807, 2.05) is 12.3 Å². The number of guanidine groups is 1. The van der Waals surface area contributed by atoms with Crippen LogP contribution in [0.2, 0.25) is 0 Å². The Kier molecular flexibility index (Phi) is 6.85. The first-order valence-corrected chi connectivity index (χ1v) is 8.48. The van der Waals surface area contributed by atoms with Gasteiger partial charge in [0, 0.05) is 25.2 Å². The number of nitrogens with zero attached hydrogens (tertiary/aromatic N) is 2. The molecule has 0 bridgehead atoms. The van der Waals surface area contributed by atoms with E-state index in [2.05, 4.69) is 58.7 Å². The average Bonchev–Trinajstić information content (AvgIpc) is 2.57. The molecule has 2 N–H and O–H groups in total. The summed E-state index contributed by atoms with van der Waals surface area (Å²) in [6, 6.07) is 10.4. The van der Waals surface area contributed by atoms with Crippen molar-refractivity contribution in [2.45, 2.75) is 39.7 Å². The van der Waals surface area contributed by atoms with Gasteiger partial charge >= 0.3 is 0 Å². The summed E-state index contributed by atoms with van der Waals surface area (Å²) in [5, 5.41) is 9.13. The zero-order valence-corrected chi connectivity index (χ0v) is 14.5. The number of hydrogen-bond acceptors (Lipinski definition) is 2. The molecule has 0 spiro atoms. The molecular formula is C19H28N4. The van der Waals surface area contributed by atoms with E-state index in [1.54, 1.807) is 7.05 Å². The number of hydrogen-bond donors (Lipinski definition) is 2. The number of nitrogens with one attached hydrogen (secondary N) is 2. The van der Waals surface area contributed by atoms with Gasteiger partial charge in [0.1, 0.15) is 0 Å². The minimum absolute atomic E-state index is 0.674. The molecule has 0 aliphatic rings. The third kappa shape index (κ3) is 5.55. The molecule has 0 atom stereocenters. The number of rotatable bonds is 7. The molecule has 1 aromatic carbocycles. The maximum Gasteiger partial charge on any atom is 0.191 e. The Bertz CT molecular complexity index is 629. The van der Waals surface area contributed by atoms with Crippen LogP contribution in [-0.4, -0.2) is 24.5 Å². The molecule has 4 heteroatoms. The van der Waals surface area contributed by atoms with Gasteiger partial charge in [-0.1, -0.05) is 51.0 Å². The maximum absolute atomic E-state index is 4.50. The van der Waals surface area contributed by atoms with Gasteiger partial charge in [0.15, 0.2) is 5.96 Å². The summed E-state index contributed by atoms with van der Waals surface area (Å²) in [6.07, 6.45) is 5.58. The Morgan fingerprint density at radius 3 is 2.74 bits per heavy atom. The second-order valence-electron chi connectivity index (χ2n) is 6.22. The van der Waals surface area contributed by atoms with Gasteiger partial charge < -0.3 is 10.6 Å². The number of unbranched alkanes of at least 4 members (excludes halogenated alkanes) is 1. The number of benzene rings is 1. The smallest absolute Gasteiger partial charge is 0.191 e. The Labute approximate surface area is 139 Å². The largest absolute Gasteiger partial charge is 0.356 e. The van der Waals surface area contributed by atoms with Crippen molar-refractivity contribution in [1.82, 2.24) is 15.6 Å². The van der Waals surface area contributed by atoms with Crippen molar-refractivity contribution in [1.29, 1.82) is 0 Å². The van der Waals surface area contributed by atoms with Gasteiger partial charge in [-0.25, -0.2) is 0 Å². The van der Waals surface area contributed by atoms with Gasteiger partial charge in [-0.2, -0.15) is 0 Å². The van der Waals surface area contributed by atoms with Crippen LogP contribution in [0.1, 0.15) is 38.8 Å². The van der Waals surface area contributed by atoms with Crippen LogP contribution in [0, 0.1) is 5.92 Å². The van der Waals surface area contributed by atoms with Gasteiger partial charge in [-0.3, -0.25) is 9.98 Å². The molecule has 0 aliphatic carbocycles. The standard InChI is InChI=1S/C19H28N4/c1-15(2)8-6-7-12-22-19(20-3)23-14-18-17-10-5-4-9-16(17)11-13-21-18/h4-5,9-11,13,15H,6-8,12,14H2,1-3H3,(H2,20,22,23). The minimum Gasteiger partial charge on any atom is -0.356 e. The van der Waals surface area contributed by atoms with Crippen molar-refractivity contribution >= 4 is 16.7 Å². The lowest BCUT2D eigenvalue weighted by Gasteiger charge is -2.13. The van der Waals surface area contributed by atoms with Crippen molar-refractivity contribution in [2.75, 3.05) is 13.6 Å². The third-order valence-electron chi connectivity index (χ3n) is 3.90. The Hall–Kier alpha value is -2.10. The first-order valence-electron chi connectivity index (χ1n) is 8.48. The monoisotopic (exact) mass is 312 g/mol. The summed E-state index contributed by atoms with van der Waals surface area (Å²) in [4.78, 5) is 8.78. The highest BCUT2D eigenvalue weighted by Gasteiger charge is 2.03. The minimum atomic E-state index is 0.674. The molecule has 23 heavy (non-hydrogen) atoms. The molecule has 4 nitrogen and oxygen atoms in total. The molecule has 0 amide bonds. The van der Waals surface area contributed by atoms with E-state index < -0.39 is 0 Å². The summed E-state index contributed by atoms with van der Waals surface area (Å²) in [7, 11) is 1.81. The molecule has 2 rings (SSSR count). The summed E-state index contributed by atoms with van der Waals surface area (Å²) in [6.45, 7) is 6.17. The van der Waals surface area contributed by atoms with Crippen LogP contribution in [0.15, 0.2) is 41.5 Å². The summed E-state index contributed by atoms with van der Waals surface area (Å²) in [5.41, 5.74) is 1.05. The van der Waals surface area contributed by atoms with Gasteiger partial charge in [-0.15, -0.1) is 0 Å². The van der Waals surface area contributed by atoms with Crippen LogP contribution in [0.25, 0.3) is 10.8 Å². The van der Waals surface area contributed by atoms with E-state index in [4.69, 9.17) is 0 Å². The predicted octanol–water partition coefficient (Wildman–Crippen LogP) is 3.73. The molecular weight excluding hydrogens is 284 g/mol. The van der Waals surface area contributed by atoms with Crippen molar-refractivity contribution in [3.63, 3.8) is 0 Å². The predicted molar refractivity (Wildman–Crippen MR) is 98.6 cm³/mol. The van der Waals surface area contributed by atoms with Gasteiger partial charge in [0.05, 0.1) is 12.2 Å². The quantitative estimate of drug-likeness (QED) is 0.465. The Morgan fingerprint density at radius 2 is 1.96 bits per heavy atom. The van der Waals surface area contributed by atoms with Gasteiger partial charge in [0.2, 0.25) is 0 Å². The summed E-state index contributed by atoms with van der Waals surface area (Å²) < 4.78 is 0. The van der Waals surface area contributed by atoms with E-state index in [1.165, 1.54) is 30.0 Å². The lowest BCUT2D eigenvalue weighted by Crippen LogP contribution is -2.37. The lowest BCUT2D eigenvalue weighted by atomic mass is 10.1. The topological polar surface area (TPSA) is 49.3 Å². The van der Waals surface area contributed by atoms with E-state index >= 15 is 0 Å². The van der Waals surface area contributed by atoms with E-state index in [9.17, 15) is 0 Å². The van der Waals surface area contributed by atoms with Gasteiger partial charge in [-0.05, 0) is 23.8 Å². The molecule has 0 fully saturated rings. The first kappa shape index (κ1) is 17.3. The number of fused-ring (bicyclic) bond motifs is 1. The highest BCUT2D eigenvalue weighted by Crippen LogP contribution is 2.15. The third-order valence-corrected chi connectivity index (χ3v) is 3.90.